The maximum atomic E-state index is 4.36. The van der Waals surface area contributed by atoms with Crippen molar-refractivity contribution in [3.63, 3.8) is 0 Å². The van der Waals surface area contributed by atoms with Crippen LogP contribution in [0, 0.1) is 0 Å². The average molecular weight is 378 g/mol. The first-order chi connectivity index (χ1) is 9.22. The van der Waals surface area contributed by atoms with Crippen LogP contribution < -0.4 is 0 Å². The van der Waals surface area contributed by atoms with Gasteiger partial charge in [0.25, 0.3) is 0 Å². The number of benzene rings is 2. The Morgan fingerprint density at radius 3 is 1.84 bits per heavy atom. The van der Waals surface area contributed by atoms with Crippen LogP contribution in [0.2, 0.25) is 0 Å². The molecule has 4 heteroatoms. The van der Waals surface area contributed by atoms with Crippen LogP contribution in [0.3, 0.4) is 0 Å². The third-order valence-corrected chi connectivity index (χ3v) is 3.93. The second kappa shape index (κ2) is 5.31. The van der Waals surface area contributed by atoms with Crippen molar-refractivity contribution < 1.29 is 0 Å². The molecule has 0 radical (unpaired) electrons. The van der Waals surface area contributed by atoms with E-state index >= 15 is 0 Å². The maximum Gasteiger partial charge on any atom is 0.0927 e. The summed E-state index contributed by atoms with van der Waals surface area (Å²) in [4.78, 5) is 0. The molecule has 0 aliphatic heterocycles. The molecule has 0 saturated carbocycles. The van der Waals surface area contributed by atoms with Crippen LogP contribution in [0.5, 0.6) is 0 Å². The van der Waals surface area contributed by atoms with Gasteiger partial charge in [-0.2, -0.15) is 5.10 Å². The monoisotopic (exact) mass is 376 g/mol. The highest BCUT2D eigenvalue weighted by atomic mass is 79.9. The molecule has 2 nitrogen and oxygen atoms in total. The number of H-pyrrole nitrogens is 1. The predicted molar refractivity (Wildman–Crippen MR) is 84.9 cm³/mol. The summed E-state index contributed by atoms with van der Waals surface area (Å²) in [5.74, 6) is 0. The molecular weight excluding hydrogens is 368 g/mol. The van der Waals surface area contributed by atoms with Crippen LogP contribution in [0.15, 0.2) is 63.5 Å². The van der Waals surface area contributed by atoms with Gasteiger partial charge in [-0.05, 0) is 35.9 Å². The molecule has 1 N–H and O–H groups in total. The lowest BCUT2D eigenvalue weighted by molar-refractivity contribution is 1.10. The van der Waals surface area contributed by atoms with E-state index in [0.29, 0.717) is 0 Å². The molecule has 0 bridgehead atoms. The van der Waals surface area contributed by atoms with Gasteiger partial charge in [0.2, 0.25) is 0 Å². The van der Waals surface area contributed by atoms with E-state index in [1.54, 1.807) is 0 Å². The molecule has 0 unspecified atom stereocenters. The quantitative estimate of drug-likeness (QED) is 0.647. The van der Waals surface area contributed by atoms with E-state index in [-0.39, 0.29) is 0 Å². The lowest BCUT2D eigenvalue weighted by Gasteiger charge is -1.97. The third kappa shape index (κ3) is 2.80. The minimum Gasteiger partial charge on any atom is -0.277 e. The zero-order valence-electron chi connectivity index (χ0n) is 9.90. The second-order valence-corrected chi connectivity index (χ2v) is 6.01. The molecule has 0 aliphatic rings. The van der Waals surface area contributed by atoms with Crippen molar-refractivity contribution in [3.05, 3.63) is 63.5 Å². The molecule has 0 amide bonds. The zero-order valence-corrected chi connectivity index (χ0v) is 13.1. The topological polar surface area (TPSA) is 28.7 Å². The van der Waals surface area contributed by atoms with Gasteiger partial charge in [-0.15, -0.1) is 0 Å². The van der Waals surface area contributed by atoms with E-state index in [0.717, 1.165) is 31.5 Å². The number of nitrogens with one attached hydrogen (secondary N) is 1. The highest BCUT2D eigenvalue weighted by Gasteiger charge is 2.05. The summed E-state index contributed by atoms with van der Waals surface area (Å²) in [5, 5.41) is 7.44. The van der Waals surface area contributed by atoms with Gasteiger partial charge in [-0.3, -0.25) is 5.10 Å². The lowest BCUT2D eigenvalue weighted by atomic mass is 10.1. The van der Waals surface area contributed by atoms with Crippen LogP contribution in [0.25, 0.3) is 22.5 Å². The molecule has 2 aromatic carbocycles. The van der Waals surface area contributed by atoms with Crippen LogP contribution in [0.4, 0.5) is 0 Å². The van der Waals surface area contributed by atoms with Gasteiger partial charge in [0, 0.05) is 14.5 Å². The van der Waals surface area contributed by atoms with Gasteiger partial charge >= 0.3 is 0 Å². The molecule has 0 spiro atoms. The molecule has 1 heterocycles. The Kier molecular flexibility index (Phi) is 3.53. The molecule has 1 aromatic heterocycles. The molecule has 19 heavy (non-hydrogen) atoms. The van der Waals surface area contributed by atoms with Gasteiger partial charge in [0.05, 0.1) is 11.4 Å². The van der Waals surface area contributed by atoms with Crippen LogP contribution in [-0.2, 0) is 0 Å². The fourth-order valence-electron chi connectivity index (χ4n) is 1.87. The Labute approximate surface area is 128 Å². The summed E-state index contributed by atoms with van der Waals surface area (Å²) in [6.45, 7) is 0. The molecule has 3 rings (SSSR count). The van der Waals surface area contributed by atoms with Crippen molar-refractivity contribution in [2.24, 2.45) is 0 Å². The summed E-state index contributed by atoms with van der Waals surface area (Å²) < 4.78 is 2.14. The van der Waals surface area contributed by atoms with Gasteiger partial charge in [-0.1, -0.05) is 56.1 Å². The number of halogens is 2. The number of aromatic nitrogens is 2. The third-order valence-electron chi connectivity index (χ3n) is 2.87. The standard InChI is InChI=1S/C15H10Br2N2/c16-12-5-1-10(2-6-12)14-9-15(19-18-14)11-3-7-13(17)8-4-11/h1-9H,(H,18,19). The van der Waals surface area contributed by atoms with Crippen molar-refractivity contribution in [1.82, 2.24) is 10.2 Å². The summed E-state index contributed by atoms with van der Waals surface area (Å²) in [6.07, 6.45) is 0. The van der Waals surface area contributed by atoms with Crippen LogP contribution >= 0.6 is 31.9 Å². The normalized spacial score (nSPS) is 10.6. The van der Waals surface area contributed by atoms with Crippen LogP contribution in [-0.4, -0.2) is 10.2 Å². The van der Waals surface area contributed by atoms with Gasteiger partial charge in [0.15, 0.2) is 0 Å². The first-order valence-electron chi connectivity index (χ1n) is 5.80. The van der Waals surface area contributed by atoms with Gasteiger partial charge in [0.1, 0.15) is 0 Å². The Morgan fingerprint density at radius 2 is 1.26 bits per heavy atom. The fraction of sp³-hybridized carbons (Fsp3) is 0. The summed E-state index contributed by atoms with van der Waals surface area (Å²) in [6, 6.07) is 18.4. The van der Waals surface area contributed by atoms with Gasteiger partial charge < -0.3 is 0 Å². The number of rotatable bonds is 2. The molecule has 0 fully saturated rings. The van der Waals surface area contributed by atoms with Gasteiger partial charge in [-0.25, -0.2) is 0 Å². The molecule has 0 atom stereocenters. The molecule has 0 aliphatic carbocycles. The second-order valence-electron chi connectivity index (χ2n) is 4.18. The zero-order chi connectivity index (χ0) is 13.2. The van der Waals surface area contributed by atoms with Crippen LogP contribution in [0.1, 0.15) is 0 Å². The summed E-state index contributed by atoms with van der Waals surface area (Å²) in [7, 11) is 0. The Bertz CT molecular complexity index is 625. The predicted octanol–water partition coefficient (Wildman–Crippen LogP) is 5.27. The lowest BCUT2D eigenvalue weighted by Crippen LogP contribution is -1.77. The maximum absolute atomic E-state index is 4.36. The van der Waals surface area contributed by atoms with Crippen molar-refractivity contribution in [3.8, 4) is 22.5 Å². The minimum atomic E-state index is 0.949. The highest BCUT2D eigenvalue weighted by Crippen LogP contribution is 2.25. The van der Waals surface area contributed by atoms with Crippen molar-refractivity contribution in [2.75, 3.05) is 0 Å². The van der Waals surface area contributed by atoms with E-state index in [1.165, 1.54) is 0 Å². The smallest absolute Gasteiger partial charge is 0.0927 e. The van der Waals surface area contributed by atoms with Crippen molar-refractivity contribution >= 4 is 31.9 Å². The molecule has 94 valence electrons. The first kappa shape index (κ1) is 12.6. The van der Waals surface area contributed by atoms with E-state index in [9.17, 15) is 0 Å². The number of nitrogens with zero attached hydrogens (tertiary/aromatic N) is 1. The minimum absolute atomic E-state index is 0.949. The van der Waals surface area contributed by atoms with E-state index in [4.69, 9.17) is 0 Å². The Morgan fingerprint density at radius 1 is 0.737 bits per heavy atom. The summed E-state index contributed by atoms with van der Waals surface area (Å²) >= 11 is 6.87. The van der Waals surface area contributed by atoms with Crippen molar-refractivity contribution in [1.29, 1.82) is 0 Å². The molecule has 3 aromatic rings. The summed E-state index contributed by atoms with van der Waals surface area (Å²) in [5.41, 5.74) is 4.19. The molecular formula is C15H10Br2N2. The Balaban J connectivity index is 1.95. The average Bonchev–Trinajstić information content (AvgIpc) is 2.90. The number of hydrogen-bond donors (Lipinski definition) is 1. The fourth-order valence-corrected chi connectivity index (χ4v) is 2.40. The number of hydrogen-bond acceptors (Lipinski definition) is 1. The largest absolute Gasteiger partial charge is 0.277 e. The van der Waals surface area contributed by atoms with Crippen molar-refractivity contribution in [2.45, 2.75) is 0 Å². The Hall–Kier alpha value is -1.39. The highest BCUT2D eigenvalue weighted by molar-refractivity contribution is 9.10. The molecule has 0 saturated heterocycles. The van der Waals surface area contributed by atoms with E-state index in [1.807, 2.05) is 36.4 Å². The first-order valence-corrected chi connectivity index (χ1v) is 7.38. The van der Waals surface area contributed by atoms with E-state index in [2.05, 4.69) is 60.3 Å². The van der Waals surface area contributed by atoms with E-state index < -0.39 is 0 Å². The SMILES string of the molecule is Brc1ccc(-c2cc(-c3ccc(Br)cc3)[nH]n2)cc1. The number of aromatic amines is 1.